The van der Waals surface area contributed by atoms with E-state index < -0.39 is 0 Å². The third-order valence-corrected chi connectivity index (χ3v) is 4.42. The fourth-order valence-electron chi connectivity index (χ4n) is 2.77. The third kappa shape index (κ3) is 2.26. The van der Waals surface area contributed by atoms with Crippen molar-refractivity contribution in [3.05, 3.63) is 34.1 Å². The van der Waals surface area contributed by atoms with Crippen LogP contribution in [0, 0.1) is 11.2 Å². The molecule has 0 heterocycles. The Bertz CT molecular complexity index is 399. The Kier molecular flexibility index (Phi) is 3.85. The second-order valence-electron chi connectivity index (χ2n) is 4.81. The predicted octanol–water partition coefficient (Wildman–Crippen LogP) is 2.98. The molecule has 0 bridgehead atoms. The lowest BCUT2D eigenvalue weighted by Crippen LogP contribution is -2.47. The van der Waals surface area contributed by atoms with E-state index in [0.29, 0.717) is 12.1 Å². The molecule has 1 aromatic carbocycles. The summed E-state index contributed by atoms with van der Waals surface area (Å²) in [6.07, 6.45) is 3.33. The molecule has 2 nitrogen and oxygen atoms in total. The molecule has 1 unspecified atom stereocenters. The molecule has 0 spiro atoms. The van der Waals surface area contributed by atoms with Crippen LogP contribution in [0.5, 0.6) is 0 Å². The molecule has 1 fully saturated rings. The van der Waals surface area contributed by atoms with Gasteiger partial charge in [-0.2, -0.15) is 0 Å². The van der Waals surface area contributed by atoms with Crippen molar-refractivity contribution >= 4 is 15.9 Å². The quantitative estimate of drug-likeness (QED) is 0.897. The van der Waals surface area contributed by atoms with E-state index >= 15 is 0 Å². The standard InChI is InChI=1S/C13H18BrFN2/c1-17-12(13(8-16)5-2-6-13)10-7-9(14)3-4-11(10)15/h3-4,7,12,17H,2,5-6,8,16H2,1H3. The summed E-state index contributed by atoms with van der Waals surface area (Å²) < 4.78 is 14.8. The highest BCUT2D eigenvalue weighted by atomic mass is 79.9. The molecule has 3 N–H and O–H groups in total. The van der Waals surface area contributed by atoms with Gasteiger partial charge in [0.15, 0.2) is 0 Å². The molecular weight excluding hydrogens is 283 g/mol. The van der Waals surface area contributed by atoms with Crippen LogP contribution in [0.15, 0.2) is 22.7 Å². The Balaban J connectivity index is 2.37. The highest BCUT2D eigenvalue weighted by Gasteiger charge is 2.43. The summed E-state index contributed by atoms with van der Waals surface area (Å²) in [5, 5.41) is 3.24. The van der Waals surface area contributed by atoms with Gasteiger partial charge in [-0.1, -0.05) is 22.4 Å². The second kappa shape index (κ2) is 5.04. The maximum Gasteiger partial charge on any atom is 0.128 e. The minimum Gasteiger partial charge on any atom is -0.330 e. The lowest BCUT2D eigenvalue weighted by atomic mass is 9.62. The first-order chi connectivity index (χ1) is 8.13. The van der Waals surface area contributed by atoms with Crippen LogP contribution in [-0.4, -0.2) is 13.6 Å². The van der Waals surface area contributed by atoms with Gasteiger partial charge in [-0.05, 0) is 44.6 Å². The fourth-order valence-corrected chi connectivity index (χ4v) is 3.15. The topological polar surface area (TPSA) is 38.0 Å². The van der Waals surface area contributed by atoms with E-state index in [1.165, 1.54) is 12.5 Å². The van der Waals surface area contributed by atoms with Crippen LogP contribution in [0.3, 0.4) is 0 Å². The van der Waals surface area contributed by atoms with Crippen LogP contribution < -0.4 is 11.1 Å². The minimum absolute atomic E-state index is 0.00116. The van der Waals surface area contributed by atoms with Gasteiger partial charge in [-0.25, -0.2) is 4.39 Å². The molecule has 1 aromatic rings. The number of hydrogen-bond acceptors (Lipinski definition) is 2. The molecule has 1 atom stereocenters. The summed E-state index contributed by atoms with van der Waals surface area (Å²) in [4.78, 5) is 0. The number of nitrogens with one attached hydrogen (secondary N) is 1. The summed E-state index contributed by atoms with van der Waals surface area (Å²) >= 11 is 3.40. The van der Waals surface area contributed by atoms with Crippen LogP contribution in [0.4, 0.5) is 4.39 Å². The molecule has 0 amide bonds. The highest BCUT2D eigenvalue weighted by molar-refractivity contribution is 9.10. The zero-order valence-electron chi connectivity index (χ0n) is 9.97. The Labute approximate surface area is 110 Å². The van der Waals surface area contributed by atoms with Crippen LogP contribution in [0.1, 0.15) is 30.9 Å². The molecule has 1 aliphatic carbocycles. The van der Waals surface area contributed by atoms with Gasteiger partial charge in [-0.3, -0.25) is 0 Å². The molecule has 0 radical (unpaired) electrons. The Morgan fingerprint density at radius 3 is 2.71 bits per heavy atom. The molecule has 0 aromatic heterocycles. The average molecular weight is 301 g/mol. The normalized spacial score (nSPS) is 19.8. The number of nitrogens with two attached hydrogens (primary N) is 1. The van der Waals surface area contributed by atoms with Gasteiger partial charge in [0.2, 0.25) is 0 Å². The number of benzene rings is 1. The zero-order valence-corrected chi connectivity index (χ0v) is 11.6. The van der Waals surface area contributed by atoms with Crippen LogP contribution in [0.25, 0.3) is 0 Å². The summed E-state index contributed by atoms with van der Waals surface area (Å²) in [7, 11) is 1.88. The first kappa shape index (κ1) is 13.0. The average Bonchev–Trinajstić information content (AvgIpc) is 2.27. The summed E-state index contributed by atoms with van der Waals surface area (Å²) in [5.74, 6) is -0.160. The van der Waals surface area contributed by atoms with Gasteiger partial charge in [0.05, 0.1) is 0 Å². The van der Waals surface area contributed by atoms with E-state index in [0.717, 1.165) is 17.3 Å². The largest absolute Gasteiger partial charge is 0.330 e. The van der Waals surface area contributed by atoms with Crippen molar-refractivity contribution in [3.63, 3.8) is 0 Å². The second-order valence-corrected chi connectivity index (χ2v) is 5.72. The SMILES string of the molecule is CNC(c1cc(Br)ccc1F)C1(CN)CCC1. The monoisotopic (exact) mass is 300 g/mol. The molecular formula is C13H18BrFN2. The highest BCUT2D eigenvalue weighted by Crippen LogP contribution is 2.49. The Morgan fingerprint density at radius 2 is 2.24 bits per heavy atom. The van der Waals surface area contributed by atoms with Crippen molar-refractivity contribution in [2.75, 3.05) is 13.6 Å². The van der Waals surface area contributed by atoms with Crippen LogP contribution in [-0.2, 0) is 0 Å². The van der Waals surface area contributed by atoms with Gasteiger partial charge < -0.3 is 11.1 Å². The lowest BCUT2D eigenvalue weighted by molar-refractivity contribution is 0.0860. The van der Waals surface area contributed by atoms with Crippen molar-refractivity contribution in [2.45, 2.75) is 25.3 Å². The molecule has 1 saturated carbocycles. The van der Waals surface area contributed by atoms with Gasteiger partial charge in [-0.15, -0.1) is 0 Å². The molecule has 0 aliphatic heterocycles. The maximum absolute atomic E-state index is 13.9. The van der Waals surface area contributed by atoms with E-state index in [9.17, 15) is 4.39 Å². The van der Waals surface area contributed by atoms with Crippen molar-refractivity contribution < 1.29 is 4.39 Å². The van der Waals surface area contributed by atoms with E-state index in [-0.39, 0.29) is 17.3 Å². The minimum atomic E-state index is -0.160. The van der Waals surface area contributed by atoms with Crippen molar-refractivity contribution in [1.29, 1.82) is 0 Å². The number of halogens is 2. The molecule has 94 valence electrons. The van der Waals surface area contributed by atoms with E-state index in [4.69, 9.17) is 5.73 Å². The number of rotatable bonds is 4. The van der Waals surface area contributed by atoms with Crippen molar-refractivity contribution in [1.82, 2.24) is 5.32 Å². The smallest absolute Gasteiger partial charge is 0.128 e. The van der Waals surface area contributed by atoms with Gasteiger partial charge >= 0.3 is 0 Å². The van der Waals surface area contributed by atoms with Crippen molar-refractivity contribution in [2.24, 2.45) is 11.1 Å². The molecule has 17 heavy (non-hydrogen) atoms. The first-order valence-corrected chi connectivity index (χ1v) is 6.74. The van der Waals surface area contributed by atoms with E-state index in [1.54, 1.807) is 6.07 Å². The Hall–Kier alpha value is -0.450. The predicted molar refractivity (Wildman–Crippen MR) is 71.2 cm³/mol. The van der Waals surface area contributed by atoms with Gasteiger partial charge in [0, 0.05) is 21.5 Å². The van der Waals surface area contributed by atoms with E-state index in [2.05, 4.69) is 21.2 Å². The molecule has 4 heteroatoms. The molecule has 1 aliphatic rings. The van der Waals surface area contributed by atoms with Crippen LogP contribution >= 0.6 is 15.9 Å². The van der Waals surface area contributed by atoms with E-state index in [1.807, 2.05) is 13.1 Å². The Morgan fingerprint density at radius 1 is 1.53 bits per heavy atom. The first-order valence-electron chi connectivity index (χ1n) is 5.95. The van der Waals surface area contributed by atoms with Crippen molar-refractivity contribution in [3.8, 4) is 0 Å². The summed E-state index contributed by atoms with van der Waals surface area (Å²) in [5.41, 5.74) is 6.64. The fraction of sp³-hybridized carbons (Fsp3) is 0.538. The molecule has 0 saturated heterocycles. The van der Waals surface area contributed by atoms with Gasteiger partial charge in [0.1, 0.15) is 5.82 Å². The van der Waals surface area contributed by atoms with Gasteiger partial charge in [0.25, 0.3) is 0 Å². The lowest BCUT2D eigenvalue weighted by Gasteiger charge is -2.47. The third-order valence-electron chi connectivity index (χ3n) is 3.93. The summed E-state index contributed by atoms with van der Waals surface area (Å²) in [6, 6.07) is 5.08. The maximum atomic E-state index is 13.9. The van der Waals surface area contributed by atoms with Crippen LogP contribution in [0.2, 0.25) is 0 Å². The zero-order chi connectivity index (χ0) is 12.5. The summed E-state index contributed by atoms with van der Waals surface area (Å²) in [6.45, 7) is 0.602. The number of hydrogen-bond donors (Lipinski definition) is 2. The molecule has 2 rings (SSSR count).